The van der Waals surface area contributed by atoms with Gasteiger partial charge in [0.2, 0.25) is 23.6 Å². The second-order valence-electron chi connectivity index (χ2n) is 4.93. The molecule has 0 spiro atoms. The Morgan fingerprint density at radius 1 is 0.917 bits per heavy atom. The summed E-state index contributed by atoms with van der Waals surface area (Å²) in [4.78, 5) is 56.4. The van der Waals surface area contributed by atoms with E-state index in [1.165, 1.54) is 0 Å². The van der Waals surface area contributed by atoms with Crippen LogP contribution in [0.3, 0.4) is 0 Å². The molecule has 12 heteroatoms. The first kappa shape index (κ1) is 21.3. The molecule has 4 amide bonds. The highest BCUT2D eigenvalue weighted by Gasteiger charge is 2.29. The van der Waals surface area contributed by atoms with E-state index in [-0.39, 0.29) is 12.8 Å². The van der Waals surface area contributed by atoms with Crippen LogP contribution in [-0.4, -0.2) is 64.5 Å². The van der Waals surface area contributed by atoms with E-state index < -0.39 is 60.8 Å². The Morgan fingerprint density at radius 3 is 1.88 bits per heavy atom. The van der Waals surface area contributed by atoms with Gasteiger partial charge in [-0.05, 0) is 6.42 Å². The van der Waals surface area contributed by atoms with Crippen LogP contribution in [0.4, 0.5) is 0 Å². The molecule has 3 atom stereocenters. The fraction of sp³-hybridized carbons (Fsp3) is 0.583. The van der Waals surface area contributed by atoms with Crippen LogP contribution in [-0.2, 0) is 24.0 Å². The number of carbonyl (C=O) groups is 5. The van der Waals surface area contributed by atoms with Gasteiger partial charge in [0.1, 0.15) is 18.1 Å². The highest BCUT2D eigenvalue weighted by atomic mass is 16.4. The summed E-state index contributed by atoms with van der Waals surface area (Å²) in [6, 6.07) is -4.27. The third-order valence-electron chi connectivity index (χ3n) is 2.87. The second kappa shape index (κ2) is 10.1. The maximum atomic E-state index is 12.1. The molecule has 0 radical (unpaired) electrons. The zero-order valence-electron chi connectivity index (χ0n) is 12.7. The van der Waals surface area contributed by atoms with Crippen LogP contribution in [0.5, 0.6) is 0 Å². The Morgan fingerprint density at radius 2 is 1.46 bits per heavy atom. The maximum absolute atomic E-state index is 12.1. The van der Waals surface area contributed by atoms with Crippen molar-refractivity contribution >= 4 is 29.6 Å². The molecule has 0 aliphatic carbocycles. The SMILES string of the molecule is NC(=O)CC[C@H](NC(=O)[C@H](CC(N)=O)NC(=O)[C@@H](N)CO)C(=O)O. The zero-order chi connectivity index (χ0) is 18.9. The summed E-state index contributed by atoms with van der Waals surface area (Å²) >= 11 is 0. The van der Waals surface area contributed by atoms with Crippen LogP contribution < -0.4 is 27.8 Å². The molecule has 0 fully saturated rings. The van der Waals surface area contributed by atoms with E-state index in [4.69, 9.17) is 27.4 Å². The lowest BCUT2D eigenvalue weighted by molar-refractivity contribution is -0.142. The van der Waals surface area contributed by atoms with Crippen molar-refractivity contribution in [2.45, 2.75) is 37.4 Å². The monoisotopic (exact) mass is 347 g/mol. The summed E-state index contributed by atoms with van der Waals surface area (Å²) in [6.07, 6.45) is -1.18. The number of nitrogens with one attached hydrogen (secondary N) is 2. The molecule has 0 saturated carbocycles. The normalized spacial score (nSPS) is 14.1. The minimum atomic E-state index is -1.48. The molecule has 0 saturated heterocycles. The number of primary amides is 2. The Balaban J connectivity index is 5.00. The van der Waals surface area contributed by atoms with Crippen molar-refractivity contribution in [1.82, 2.24) is 10.6 Å². The number of carboxylic acids is 1. The number of rotatable bonds is 11. The third-order valence-corrected chi connectivity index (χ3v) is 2.87. The zero-order valence-corrected chi connectivity index (χ0v) is 12.7. The smallest absolute Gasteiger partial charge is 0.326 e. The van der Waals surface area contributed by atoms with E-state index in [2.05, 4.69) is 10.6 Å². The minimum absolute atomic E-state index is 0.274. The van der Waals surface area contributed by atoms with Gasteiger partial charge in [-0.25, -0.2) is 4.79 Å². The van der Waals surface area contributed by atoms with E-state index in [1.807, 2.05) is 0 Å². The number of carboxylic acid groups (broad SMARTS) is 1. The lowest BCUT2D eigenvalue weighted by atomic mass is 10.1. The first-order chi connectivity index (χ1) is 11.1. The number of aliphatic hydroxyl groups excluding tert-OH is 1. The predicted molar refractivity (Wildman–Crippen MR) is 78.8 cm³/mol. The lowest BCUT2D eigenvalue weighted by Crippen LogP contribution is -2.56. The van der Waals surface area contributed by atoms with E-state index >= 15 is 0 Å². The highest BCUT2D eigenvalue weighted by molar-refractivity contribution is 5.94. The van der Waals surface area contributed by atoms with Crippen LogP contribution in [0.1, 0.15) is 19.3 Å². The molecule has 0 aliphatic rings. The molecular formula is C12H21N5O7. The molecule has 0 heterocycles. The average molecular weight is 347 g/mol. The number of nitrogens with two attached hydrogens (primary N) is 3. The number of amides is 4. The molecule has 0 aromatic rings. The maximum Gasteiger partial charge on any atom is 0.326 e. The average Bonchev–Trinajstić information content (AvgIpc) is 2.48. The van der Waals surface area contributed by atoms with Crippen molar-refractivity contribution < 1.29 is 34.2 Å². The highest BCUT2D eigenvalue weighted by Crippen LogP contribution is 2.01. The van der Waals surface area contributed by atoms with Crippen molar-refractivity contribution in [3.8, 4) is 0 Å². The van der Waals surface area contributed by atoms with Crippen LogP contribution in [0.15, 0.2) is 0 Å². The fourth-order valence-corrected chi connectivity index (χ4v) is 1.59. The quantitative estimate of drug-likeness (QED) is 0.192. The molecule has 0 aromatic carbocycles. The van der Waals surface area contributed by atoms with Gasteiger partial charge >= 0.3 is 5.97 Å². The topological polar surface area (TPSA) is 228 Å². The summed E-state index contributed by atoms with van der Waals surface area (Å²) in [6.45, 7) is -0.701. The van der Waals surface area contributed by atoms with Crippen LogP contribution in [0, 0.1) is 0 Å². The van der Waals surface area contributed by atoms with Crippen molar-refractivity contribution in [2.24, 2.45) is 17.2 Å². The van der Waals surface area contributed by atoms with Crippen LogP contribution in [0.2, 0.25) is 0 Å². The lowest BCUT2D eigenvalue weighted by Gasteiger charge is -2.21. The summed E-state index contributed by atoms with van der Waals surface area (Å²) in [7, 11) is 0. The predicted octanol–water partition coefficient (Wildman–Crippen LogP) is -4.50. The molecule has 0 unspecified atom stereocenters. The summed E-state index contributed by atoms with van der Waals surface area (Å²) in [5.41, 5.74) is 15.2. The second-order valence-corrected chi connectivity index (χ2v) is 4.93. The summed E-state index contributed by atoms with van der Waals surface area (Å²) in [5, 5.41) is 21.9. The third kappa shape index (κ3) is 8.05. The number of aliphatic hydroxyl groups is 1. The van der Waals surface area contributed by atoms with Gasteiger partial charge in [0.15, 0.2) is 0 Å². The van der Waals surface area contributed by atoms with E-state index in [9.17, 15) is 24.0 Å². The Hall–Kier alpha value is -2.73. The summed E-state index contributed by atoms with van der Waals surface area (Å²) in [5.74, 6) is -5.06. The van der Waals surface area contributed by atoms with Gasteiger partial charge in [-0.2, -0.15) is 0 Å². The van der Waals surface area contributed by atoms with Gasteiger partial charge in [-0.3, -0.25) is 19.2 Å². The number of aliphatic carboxylic acids is 1. The van der Waals surface area contributed by atoms with Crippen molar-refractivity contribution in [3.05, 3.63) is 0 Å². The van der Waals surface area contributed by atoms with Crippen LogP contribution in [0.25, 0.3) is 0 Å². The molecule has 0 rings (SSSR count). The van der Waals surface area contributed by atoms with Gasteiger partial charge in [0, 0.05) is 6.42 Å². The van der Waals surface area contributed by atoms with Gasteiger partial charge in [-0.15, -0.1) is 0 Å². The number of hydrogen-bond acceptors (Lipinski definition) is 7. The first-order valence-corrected chi connectivity index (χ1v) is 6.85. The van der Waals surface area contributed by atoms with Crippen molar-refractivity contribution in [2.75, 3.05) is 6.61 Å². The van der Waals surface area contributed by atoms with Crippen molar-refractivity contribution in [3.63, 3.8) is 0 Å². The van der Waals surface area contributed by atoms with E-state index in [0.29, 0.717) is 0 Å². The van der Waals surface area contributed by atoms with Gasteiger partial charge in [0.05, 0.1) is 13.0 Å². The Bertz CT molecular complexity index is 510. The van der Waals surface area contributed by atoms with Gasteiger partial charge in [-0.1, -0.05) is 0 Å². The summed E-state index contributed by atoms with van der Waals surface area (Å²) < 4.78 is 0. The molecule has 0 bridgehead atoms. The Labute approximate surface area is 136 Å². The standard InChI is InChI=1S/C12H21N5O7/c13-5(4-18)10(21)17-7(3-9(15)20)11(22)16-6(12(23)24)1-2-8(14)19/h5-7,18H,1-4,13H2,(H2,14,19)(H2,15,20)(H,16,22)(H,17,21)(H,23,24)/t5-,6-,7-/m0/s1. The van der Waals surface area contributed by atoms with E-state index in [1.54, 1.807) is 0 Å². The number of carbonyl (C=O) groups excluding carboxylic acids is 4. The molecule has 0 aromatic heterocycles. The molecule has 12 nitrogen and oxygen atoms in total. The first-order valence-electron chi connectivity index (χ1n) is 6.85. The molecule has 0 aliphatic heterocycles. The van der Waals surface area contributed by atoms with Gasteiger partial charge < -0.3 is 38.0 Å². The largest absolute Gasteiger partial charge is 0.480 e. The molecular weight excluding hydrogens is 326 g/mol. The molecule has 24 heavy (non-hydrogen) atoms. The van der Waals surface area contributed by atoms with Crippen molar-refractivity contribution in [1.29, 1.82) is 0 Å². The number of hydrogen-bond donors (Lipinski definition) is 7. The van der Waals surface area contributed by atoms with E-state index in [0.717, 1.165) is 0 Å². The van der Waals surface area contributed by atoms with Crippen LogP contribution >= 0.6 is 0 Å². The fourth-order valence-electron chi connectivity index (χ4n) is 1.59. The van der Waals surface area contributed by atoms with Gasteiger partial charge in [0.25, 0.3) is 0 Å². The minimum Gasteiger partial charge on any atom is -0.480 e. The molecule has 136 valence electrons. The molecule has 10 N–H and O–H groups in total. The Kier molecular flexibility index (Phi) is 8.97.